The molecule has 0 atom stereocenters. The molecule has 1 N–H and O–H groups in total. The molecular weight excluding hydrogens is 405 g/mol. The lowest BCUT2D eigenvalue weighted by Crippen LogP contribution is -2.35. The maximum absolute atomic E-state index is 13.6. The van der Waals surface area contributed by atoms with Crippen molar-refractivity contribution in [2.24, 2.45) is 0 Å². The van der Waals surface area contributed by atoms with Gasteiger partial charge in [-0.2, -0.15) is 4.31 Å². The molecule has 0 spiro atoms. The lowest BCUT2D eigenvalue weighted by Gasteiger charge is -2.26. The van der Waals surface area contributed by atoms with Crippen molar-refractivity contribution in [3.05, 3.63) is 65.6 Å². The van der Waals surface area contributed by atoms with Crippen LogP contribution in [0.3, 0.4) is 0 Å². The molecule has 0 saturated carbocycles. The van der Waals surface area contributed by atoms with Gasteiger partial charge in [-0.15, -0.1) is 0 Å². The second-order valence-electron chi connectivity index (χ2n) is 7.42. The van der Waals surface area contributed by atoms with Crippen LogP contribution < -0.4 is 5.32 Å². The summed E-state index contributed by atoms with van der Waals surface area (Å²) in [5, 5.41) is 3.29. The van der Waals surface area contributed by atoms with Crippen LogP contribution in [0.1, 0.15) is 35.3 Å². The summed E-state index contributed by atoms with van der Waals surface area (Å²) in [5.41, 5.74) is 1.70. The molecule has 1 fully saturated rings. The number of pyridine rings is 1. The van der Waals surface area contributed by atoms with Gasteiger partial charge in [-0.3, -0.25) is 9.78 Å². The highest BCUT2D eigenvalue weighted by atomic mass is 32.2. The summed E-state index contributed by atoms with van der Waals surface area (Å²) >= 11 is 0. The molecular formula is C22H22FN3O3S. The number of carbonyl (C=O) groups excluding carboxylic acids is 1. The van der Waals surface area contributed by atoms with Gasteiger partial charge in [-0.1, -0.05) is 12.5 Å². The van der Waals surface area contributed by atoms with Crippen molar-refractivity contribution in [3.8, 4) is 0 Å². The number of hydrogen-bond acceptors (Lipinski definition) is 4. The third-order valence-corrected chi connectivity index (χ3v) is 7.08. The molecule has 156 valence electrons. The summed E-state index contributed by atoms with van der Waals surface area (Å²) in [5.74, 6) is -0.841. The summed E-state index contributed by atoms with van der Waals surface area (Å²) in [7, 11) is -3.60. The highest BCUT2D eigenvalue weighted by Gasteiger charge is 2.26. The van der Waals surface area contributed by atoms with Crippen molar-refractivity contribution in [1.82, 2.24) is 9.29 Å². The zero-order chi connectivity index (χ0) is 21.3. The lowest BCUT2D eigenvalue weighted by atomic mass is 10.1. The fourth-order valence-corrected chi connectivity index (χ4v) is 5.27. The minimum atomic E-state index is -3.60. The second kappa shape index (κ2) is 8.12. The first kappa shape index (κ1) is 20.4. The highest BCUT2D eigenvalue weighted by molar-refractivity contribution is 7.89. The molecule has 30 heavy (non-hydrogen) atoms. The number of anilines is 1. The SMILES string of the molecule is Cc1cc(C(=O)Nc2cccc(S(=O)(=O)N3CCCCC3)c2)c2ccc(F)cc2n1. The number of sulfonamides is 1. The van der Waals surface area contributed by atoms with Crippen molar-refractivity contribution in [2.45, 2.75) is 31.1 Å². The average molecular weight is 428 g/mol. The Morgan fingerprint density at radius 1 is 1.07 bits per heavy atom. The van der Waals surface area contributed by atoms with Gasteiger partial charge in [-0.25, -0.2) is 12.8 Å². The van der Waals surface area contributed by atoms with E-state index in [-0.39, 0.29) is 4.90 Å². The van der Waals surface area contributed by atoms with Crippen molar-refractivity contribution >= 4 is 32.5 Å². The smallest absolute Gasteiger partial charge is 0.256 e. The van der Waals surface area contributed by atoms with Gasteiger partial charge >= 0.3 is 0 Å². The van der Waals surface area contributed by atoms with E-state index in [0.717, 1.165) is 19.3 Å². The van der Waals surface area contributed by atoms with Crippen LogP contribution in [0, 0.1) is 12.7 Å². The largest absolute Gasteiger partial charge is 0.322 e. The molecule has 1 aliphatic heterocycles. The molecule has 6 nitrogen and oxygen atoms in total. The maximum Gasteiger partial charge on any atom is 0.256 e. The first-order valence-corrected chi connectivity index (χ1v) is 11.3. The maximum atomic E-state index is 13.6. The van der Waals surface area contributed by atoms with E-state index in [0.29, 0.717) is 40.9 Å². The first-order chi connectivity index (χ1) is 14.3. The van der Waals surface area contributed by atoms with Crippen LogP contribution in [-0.2, 0) is 10.0 Å². The molecule has 2 aromatic carbocycles. The molecule has 1 amide bonds. The Morgan fingerprint density at radius 2 is 1.83 bits per heavy atom. The molecule has 3 aromatic rings. The Bertz CT molecular complexity index is 1220. The fourth-order valence-electron chi connectivity index (χ4n) is 3.71. The summed E-state index contributed by atoms with van der Waals surface area (Å²) in [4.78, 5) is 17.4. The summed E-state index contributed by atoms with van der Waals surface area (Å²) < 4.78 is 40.9. The quantitative estimate of drug-likeness (QED) is 0.680. The number of rotatable bonds is 4. The number of halogens is 1. The molecule has 1 saturated heterocycles. The number of aryl methyl sites for hydroxylation is 1. The van der Waals surface area contributed by atoms with Crippen molar-refractivity contribution in [2.75, 3.05) is 18.4 Å². The number of nitrogens with one attached hydrogen (secondary N) is 1. The van der Waals surface area contributed by atoms with Gasteiger partial charge in [0.25, 0.3) is 5.91 Å². The zero-order valence-corrected chi connectivity index (χ0v) is 17.4. The van der Waals surface area contributed by atoms with Gasteiger partial charge in [0.05, 0.1) is 16.0 Å². The minimum absolute atomic E-state index is 0.153. The van der Waals surface area contributed by atoms with Gasteiger partial charge < -0.3 is 5.32 Å². The van der Waals surface area contributed by atoms with E-state index in [9.17, 15) is 17.6 Å². The molecule has 0 aliphatic carbocycles. The van der Waals surface area contributed by atoms with Crippen LogP contribution in [0.15, 0.2) is 53.4 Å². The van der Waals surface area contributed by atoms with E-state index in [1.807, 2.05) is 0 Å². The minimum Gasteiger partial charge on any atom is -0.322 e. The fraction of sp³-hybridized carbons (Fsp3) is 0.273. The van der Waals surface area contributed by atoms with Crippen molar-refractivity contribution in [1.29, 1.82) is 0 Å². The number of piperidine rings is 1. The van der Waals surface area contributed by atoms with E-state index >= 15 is 0 Å². The monoisotopic (exact) mass is 427 g/mol. The van der Waals surface area contributed by atoms with Crippen LogP contribution in [0.5, 0.6) is 0 Å². The molecule has 0 unspecified atom stereocenters. The summed E-state index contributed by atoms with van der Waals surface area (Å²) in [6, 6.07) is 12.0. The molecule has 1 aromatic heterocycles. The topological polar surface area (TPSA) is 79.4 Å². The Hall–Kier alpha value is -2.84. The van der Waals surface area contributed by atoms with E-state index in [2.05, 4.69) is 10.3 Å². The number of amides is 1. The van der Waals surface area contributed by atoms with E-state index in [1.54, 1.807) is 25.1 Å². The Balaban J connectivity index is 1.63. The van der Waals surface area contributed by atoms with Gasteiger partial charge in [0.1, 0.15) is 5.82 Å². The number of benzene rings is 2. The van der Waals surface area contributed by atoms with Crippen molar-refractivity contribution < 1.29 is 17.6 Å². The number of aromatic nitrogens is 1. The highest BCUT2D eigenvalue weighted by Crippen LogP contribution is 2.24. The predicted octanol–water partition coefficient (Wildman–Crippen LogP) is 4.11. The van der Waals surface area contributed by atoms with Crippen LogP contribution in [0.2, 0.25) is 0 Å². The molecule has 0 radical (unpaired) electrons. The van der Waals surface area contributed by atoms with Crippen LogP contribution in [-0.4, -0.2) is 36.7 Å². The van der Waals surface area contributed by atoms with Crippen molar-refractivity contribution in [3.63, 3.8) is 0 Å². The number of nitrogens with zero attached hydrogens (tertiary/aromatic N) is 2. The number of fused-ring (bicyclic) bond motifs is 1. The van der Waals surface area contributed by atoms with Gasteiger partial charge in [0.15, 0.2) is 0 Å². The first-order valence-electron chi connectivity index (χ1n) is 9.83. The van der Waals surface area contributed by atoms with E-state index in [4.69, 9.17) is 0 Å². The Labute approximate surface area is 174 Å². The third kappa shape index (κ3) is 4.06. The second-order valence-corrected chi connectivity index (χ2v) is 9.36. The third-order valence-electron chi connectivity index (χ3n) is 5.19. The summed E-state index contributed by atoms with van der Waals surface area (Å²) in [6.07, 6.45) is 2.74. The van der Waals surface area contributed by atoms with E-state index < -0.39 is 21.7 Å². The molecule has 2 heterocycles. The van der Waals surface area contributed by atoms with Crippen LogP contribution >= 0.6 is 0 Å². The lowest BCUT2D eigenvalue weighted by molar-refractivity contribution is 0.102. The van der Waals surface area contributed by atoms with Crippen LogP contribution in [0.4, 0.5) is 10.1 Å². The predicted molar refractivity (Wildman–Crippen MR) is 113 cm³/mol. The summed E-state index contributed by atoms with van der Waals surface area (Å²) in [6.45, 7) is 2.75. The molecule has 4 rings (SSSR count). The van der Waals surface area contributed by atoms with Crippen LogP contribution in [0.25, 0.3) is 10.9 Å². The standard InChI is InChI=1S/C22H22FN3O3S/c1-15-12-20(19-9-8-16(23)13-21(19)24-15)22(27)25-17-6-5-7-18(14-17)30(28,29)26-10-3-2-4-11-26/h5-9,12-14H,2-4,10-11H2,1H3,(H,25,27). The number of hydrogen-bond donors (Lipinski definition) is 1. The molecule has 0 bridgehead atoms. The normalized spacial score (nSPS) is 15.3. The Morgan fingerprint density at radius 3 is 2.60 bits per heavy atom. The Kier molecular flexibility index (Phi) is 5.53. The van der Waals surface area contributed by atoms with Gasteiger partial charge in [-0.05, 0) is 56.2 Å². The van der Waals surface area contributed by atoms with E-state index in [1.165, 1.54) is 34.6 Å². The van der Waals surface area contributed by atoms with Gasteiger partial charge in [0, 0.05) is 35.9 Å². The van der Waals surface area contributed by atoms with Gasteiger partial charge in [0.2, 0.25) is 10.0 Å². The number of carbonyl (C=O) groups is 1. The average Bonchev–Trinajstić information content (AvgIpc) is 2.73. The molecule has 1 aliphatic rings. The molecule has 8 heteroatoms. The zero-order valence-electron chi connectivity index (χ0n) is 16.6.